The van der Waals surface area contributed by atoms with Crippen molar-refractivity contribution in [2.75, 3.05) is 48.1 Å². The fourth-order valence-electron chi connectivity index (χ4n) is 6.78. The first kappa shape index (κ1) is 24.3. The first-order valence-electron chi connectivity index (χ1n) is 13.1. The molecule has 3 heterocycles. The summed E-state index contributed by atoms with van der Waals surface area (Å²) in [5, 5.41) is 3.95. The van der Waals surface area contributed by atoms with E-state index in [0.29, 0.717) is 23.9 Å². The van der Waals surface area contributed by atoms with Gasteiger partial charge in [0.05, 0.1) is 28.4 Å². The monoisotopic (exact) mass is 480 g/mol. The van der Waals surface area contributed by atoms with E-state index in [1.807, 2.05) is 0 Å². The zero-order valence-corrected chi connectivity index (χ0v) is 21.9. The molecule has 1 fully saturated rings. The van der Waals surface area contributed by atoms with E-state index in [9.17, 15) is 0 Å². The molecule has 0 saturated carbocycles. The number of nitrogens with zero attached hydrogens (tertiary/aromatic N) is 1. The lowest BCUT2D eigenvalue weighted by Gasteiger charge is -2.49. The van der Waals surface area contributed by atoms with E-state index in [1.165, 1.54) is 35.1 Å². The third-order valence-electron chi connectivity index (χ3n) is 8.67. The molecule has 2 aromatic rings. The summed E-state index contributed by atoms with van der Waals surface area (Å²) in [6.45, 7) is 5.64. The van der Waals surface area contributed by atoms with E-state index < -0.39 is 0 Å². The van der Waals surface area contributed by atoms with Crippen LogP contribution in [0.5, 0.6) is 23.0 Å². The Morgan fingerprint density at radius 1 is 0.829 bits per heavy atom. The summed E-state index contributed by atoms with van der Waals surface area (Å²) in [5.74, 6) is 4.63. The Kier molecular flexibility index (Phi) is 7.12. The van der Waals surface area contributed by atoms with Crippen LogP contribution in [0.4, 0.5) is 0 Å². The SMILES string of the molecule is CCC1CN2CCc3cc(OC)c(OC)cc3C2CC1C1Cc2cc(OC)c(OC)cc2CCN1. The van der Waals surface area contributed by atoms with Gasteiger partial charge in [-0.25, -0.2) is 0 Å². The molecule has 1 N–H and O–H groups in total. The van der Waals surface area contributed by atoms with E-state index in [2.05, 4.69) is 41.4 Å². The Balaban J connectivity index is 1.45. The topological polar surface area (TPSA) is 52.2 Å². The standard InChI is InChI=1S/C29H40N2O4/c1-6-18-17-31-10-8-20-13-27(33-3)29(35-5)16-23(20)25(31)15-22(18)24-11-21-14-28(34-4)26(32-2)12-19(21)7-9-30-24/h12-14,16,18,22,24-25,30H,6-11,15,17H2,1-5H3. The molecule has 4 unspecified atom stereocenters. The first-order valence-corrected chi connectivity index (χ1v) is 13.1. The number of benzene rings is 2. The van der Waals surface area contributed by atoms with Crippen molar-refractivity contribution < 1.29 is 18.9 Å². The van der Waals surface area contributed by atoms with E-state index in [4.69, 9.17) is 18.9 Å². The third kappa shape index (κ3) is 4.47. The van der Waals surface area contributed by atoms with Gasteiger partial charge in [-0.15, -0.1) is 0 Å². The minimum absolute atomic E-state index is 0.432. The van der Waals surface area contributed by atoms with Crippen LogP contribution in [0, 0.1) is 11.8 Å². The van der Waals surface area contributed by atoms with Gasteiger partial charge in [-0.2, -0.15) is 0 Å². The second-order valence-electron chi connectivity index (χ2n) is 10.2. The van der Waals surface area contributed by atoms with E-state index in [-0.39, 0.29) is 0 Å². The molecule has 6 nitrogen and oxygen atoms in total. The van der Waals surface area contributed by atoms with Crippen molar-refractivity contribution >= 4 is 0 Å². The van der Waals surface area contributed by atoms with Gasteiger partial charge in [0.2, 0.25) is 0 Å². The molecule has 0 radical (unpaired) electrons. The van der Waals surface area contributed by atoms with Gasteiger partial charge in [0.15, 0.2) is 23.0 Å². The van der Waals surface area contributed by atoms with Gasteiger partial charge >= 0.3 is 0 Å². The zero-order valence-electron chi connectivity index (χ0n) is 21.9. The number of hydrogen-bond acceptors (Lipinski definition) is 6. The highest BCUT2D eigenvalue weighted by Gasteiger charge is 2.42. The van der Waals surface area contributed by atoms with Crippen LogP contribution in [0.1, 0.15) is 48.1 Å². The maximum absolute atomic E-state index is 5.69. The summed E-state index contributed by atoms with van der Waals surface area (Å²) >= 11 is 0. The molecular formula is C29H40N2O4. The van der Waals surface area contributed by atoms with Crippen LogP contribution in [-0.2, 0) is 19.3 Å². The minimum Gasteiger partial charge on any atom is -0.493 e. The van der Waals surface area contributed by atoms with Gasteiger partial charge in [0.25, 0.3) is 0 Å². The smallest absolute Gasteiger partial charge is 0.161 e. The number of methoxy groups -OCH3 is 4. The van der Waals surface area contributed by atoms with Crippen molar-refractivity contribution in [3.05, 3.63) is 46.5 Å². The number of nitrogens with one attached hydrogen (secondary N) is 1. The van der Waals surface area contributed by atoms with E-state index >= 15 is 0 Å². The highest BCUT2D eigenvalue weighted by Crippen LogP contribution is 2.46. The lowest BCUT2D eigenvalue weighted by molar-refractivity contribution is 0.0353. The van der Waals surface area contributed by atoms with E-state index in [1.54, 1.807) is 28.4 Å². The predicted octanol–water partition coefficient (Wildman–Crippen LogP) is 4.42. The summed E-state index contributed by atoms with van der Waals surface area (Å²) < 4.78 is 22.5. The van der Waals surface area contributed by atoms with Gasteiger partial charge < -0.3 is 24.3 Å². The number of fused-ring (bicyclic) bond motifs is 4. The quantitative estimate of drug-likeness (QED) is 0.661. The van der Waals surface area contributed by atoms with Gasteiger partial charge in [-0.3, -0.25) is 4.90 Å². The van der Waals surface area contributed by atoms with Gasteiger partial charge in [-0.1, -0.05) is 13.3 Å². The second kappa shape index (κ2) is 10.3. The normalized spacial score (nSPS) is 26.1. The maximum Gasteiger partial charge on any atom is 0.161 e. The highest BCUT2D eigenvalue weighted by atomic mass is 16.5. The largest absolute Gasteiger partial charge is 0.493 e. The summed E-state index contributed by atoms with van der Waals surface area (Å²) in [4.78, 5) is 2.72. The molecular weight excluding hydrogens is 440 g/mol. The third-order valence-corrected chi connectivity index (χ3v) is 8.67. The van der Waals surface area contributed by atoms with Crippen molar-refractivity contribution in [1.29, 1.82) is 0 Å². The molecule has 0 amide bonds. The Labute approximate surface area is 209 Å². The molecule has 2 aromatic carbocycles. The fraction of sp³-hybridized carbons (Fsp3) is 0.586. The Bertz CT molecular complexity index is 1060. The molecule has 1 saturated heterocycles. The molecule has 35 heavy (non-hydrogen) atoms. The summed E-state index contributed by atoms with van der Waals surface area (Å²) in [6, 6.07) is 9.70. The fourth-order valence-corrected chi connectivity index (χ4v) is 6.78. The molecule has 0 aliphatic carbocycles. The highest BCUT2D eigenvalue weighted by molar-refractivity contribution is 5.50. The molecule has 3 aliphatic heterocycles. The molecule has 0 aromatic heterocycles. The predicted molar refractivity (Wildman–Crippen MR) is 138 cm³/mol. The van der Waals surface area contributed by atoms with Crippen LogP contribution in [0.2, 0.25) is 0 Å². The van der Waals surface area contributed by atoms with Crippen LogP contribution in [-0.4, -0.2) is 59.0 Å². The second-order valence-corrected chi connectivity index (χ2v) is 10.2. The molecule has 6 heteroatoms. The maximum atomic E-state index is 5.69. The lowest BCUT2D eigenvalue weighted by atomic mass is 9.71. The molecule has 3 aliphatic rings. The number of ether oxygens (including phenoxy) is 4. The van der Waals surface area contributed by atoms with Crippen molar-refractivity contribution in [2.45, 2.75) is 51.1 Å². The molecule has 5 rings (SSSR count). The molecule has 0 bridgehead atoms. The number of hydrogen-bond donors (Lipinski definition) is 1. The number of piperidine rings is 1. The van der Waals surface area contributed by atoms with Crippen LogP contribution in [0.25, 0.3) is 0 Å². The first-order chi connectivity index (χ1) is 17.1. The minimum atomic E-state index is 0.432. The average molecular weight is 481 g/mol. The van der Waals surface area contributed by atoms with Crippen LogP contribution >= 0.6 is 0 Å². The summed E-state index contributed by atoms with van der Waals surface area (Å²) in [7, 11) is 6.90. The Hall–Kier alpha value is -2.44. The van der Waals surface area contributed by atoms with Crippen molar-refractivity contribution in [1.82, 2.24) is 10.2 Å². The Morgan fingerprint density at radius 2 is 1.46 bits per heavy atom. The zero-order chi connectivity index (χ0) is 24.5. The van der Waals surface area contributed by atoms with Crippen molar-refractivity contribution in [2.24, 2.45) is 11.8 Å². The van der Waals surface area contributed by atoms with Crippen LogP contribution < -0.4 is 24.3 Å². The molecule has 4 atom stereocenters. The summed E-state index contributed by atoms with van der Waals surface area (Å²) in [5.41, 5.74) is 5.61. The number of rotatable bonds is 6. The van der Waals surface area contributed by atoms with Gasteiger partial charge in [0, 0.05) is 25.2 Å². The van der Waals surface area contributed by atoms with Crippen LogP contribution in [0.15, 0.2) is 24.3 Å². The van der Waals surface area contributed by atoms with Crippen molar-refractivity contribution in [3.63, 3.8) is 0 Å². The average Bonchev–Trinajstić information content (AvgIpc) is 3.12. The molecule has 0 spiro atoms. The van der Waals surface area contributed by atoms with E-state index in [0.717, 1.165) is 61.9 Å². The van der Waals surface area contributed by atoms with Gasteiger partial charge in [-0.05, 0) is 90.6 Å². The van der Waals surface area contributed by atoms with Crippen LogP contribution in [0.3, 0.4) is 0 Å². The summed E-state index contributed by atoms with van der Waals surface area (Å²) in [6.07, 6.45) is 5.50. The van der Waals surface area contributed by atoms with Crippen molar-refractivity contribution in [3.8, 4) is 23.0 Å². The lowest BCUT2D eigenvalue weighted by Crippen LogP contribution is -2.52. The molecule has 190 valence electrons. The Morgan fingerprint density at radius 3 is 2.11 bits per heavy atom. The van der Waals surface area contributed by atoms with Gasteiger partial charge in [0.1, 0.15) is 0 Å².